The second kappa shape index (κ2) is 6.72. The summed E-state index contributed by atoms with van der Waals surface area (Å²) in [7, 11) is 0. The Morgan fingerprint density at radius 3 is 2.88 bits per heavy atom. The molecule has 0 atom stereocenters. The number of nitrogens with zero attached hydrogens (tertiary/aromatic N) is 3. The molecule has 1 amide bonds. The lowest BCUT2D eigenvalue weighted by atomic mass is 9.90. The maximum Gasteiger partial charge on any atom is 0.226 e. The molecule has 2 fully saturated rings. The molecule has 1 saturated heterocycles. The van der Waals surface area contributed by atoms with E-state index in [0.717, 1.165) is 55.9 Å². The molecule has 3 heterocycles. The van der Waals surface area contributed by atoms with E-state index in [2.05, 4.69) is 25.4 Å². The number of nitrogens with one attached hydrogen (secondary N) is 2. The first kappa shape index (κ1) is 16.5. The van der Waals surface area contributed by atoms with Crippen molar-refractivity contribution in [3.63, 3.8) is 0 Å². The molecule has 2 aliphatic rings. The van der Waals surface area contributed by atoms with Crippen molar-refractivity contribution in [1.82, 2.24) is 20.1 Å². The van der Waals surface area contributed by atoms with Crippen LogP contribution in [0.25, 0.3) is 11.0 Å². The summed E-state index contributed by atoms with van der Waals surface area (Å²) in [5, 5.41) is 11.0. The minimum absolute atomic E-state index is 0.00303. The maximum absolute atomic E-state index is 12.8. The van der Waals surface area contributed by atoms with Gasteiger partial charge in [-0.15, -0.1) is 0 Å². The summed E-state index contributed by atoms with van der Waals surface area (Å²) < 4.78 is 5.49. The zero-order valence-corrected chi connectivity index (χ0v) is 14.7. The predicted molar refractivity (Wildman–Crippen MR) is 95.5 cm³/mol. The number of hydrogen-bond acceptors (Lipinski definition) is 5. The van der Waals surface area contributed by atoms with Crippen LogP contribution in [0.3, 0.4) is 0 Å². The molecule has 0 bridgehead atoms. The molecule has 2 N–H and O–H groups in total. The van der Waals surface area contributed by atoms with Gasteiger partial charge in [-0.05, 0) is 25.8 Å². The number of fused-ring (bicyclic) bond motifs is 1. The number of morpholine rings is 1. The quantitative estimate of drug-likeness (QED) is 0.889. The van der Waals surface area contributed by atoms with Gasteiger partial charge in [0.05, 0.1) is 25.1 Å². The molecule has 2 aromatic heterocycles. The smallest absolute Gasteiger partial charge is 0.226 e. The monoisotopic (exact) mass is 343 g/mol. The molecular formula is C18H25N5O2. The van der Waals surface area contributed by atoms with E-state index in [4.69, 9.17) is 4.74 Å². The van der Waals surface area contributed by atoms with Gasteiger partial charge in [0, 0.05) is 36.1 Å². The minimum atomic E-state index is -0.00303. The number of aryl methyl sites for hydroxylation is 1. The molecule has 2 aromatic rings. The van der Waals surface area contributed by atoms with E-state index in [-0.39, 0.29) is 11.4 Å². The fraction of sp³-hybridized carbons (Fsp3) is 0.611. The highest BCUT2D eigenvalue weighted by molar-refractivity contribution is 5.93. The first-order valence-electron chi connectivity index (χ1n) is 9.10. The molecule has 0 unspecified atom stereocenters. The van der Waals surface area contributed by atoms with Crippen molar-refractivity contribution in [1.29, 1.82) is 0 Å². The Kier molecular flexibility index (Phi) is 4.43. The van der Waals surface area contributed by atoms with Gasteiger partial charge in [-0.1, -0.05) is 12.8 Å². The van der Waals surface area contributed by atoms with Gasteiger partial charge >= 0.3 is 0 Å². The molecule has 0 radical (unpaired) electrons. The van der Waals surface area contributed by atoms with Crippen molar-refractivity contribution in [2.24, 2.45) is 0 Å². The average molecular weight is 343 g/mol. The number of anilines is 1. The number of H-pyrrole nitrogens is 1. The second-order valence-electron chi connectivity index (χ2n) is 7.20. The molecule has 1 aliphatic carbocycles. The molecule has 7 heteroatoms. The van der Waals surface area contributed by atoms with E-state index in [9.17, 15) is 4.79 Å². The molecule has 134 valence electrons. The van der Waals surface area contributed by atoms with E-state index in [1.165, 1.54) is 12.8 Å². The summed E-state index contributed by atoms with van der Waals surface area (Å²) in [4.78, 5) is 19.5. The predicted octanol–water partition coefficient (Wildman–Crippen LogP) is 2.24. The number of carbonyl (C=O) groups is 1. The first-order valence-corrected chi connectivity index (χ1v) is 9.10. The maximum atomic E-state index is 12.8. The van der Waals surface area contributed by atoms with E-state index in [1.807, 2.05) is 13.0 Å². The molecule has 4 rings (SSSR count). The number of ether oxygens (including phenoxy) is 1. The van der Waals surface area contributed by atoms with Crippen LogP contribution in [0.2, 0.25) is 0 Å². The van der Waals surface area contributed by atoms with Gasteiger partial charge in [0.15, 0.2) is 5.65 Å². The lowest BCUT2D eigenvalue weighted by Gasteiger charge is -2.43. The Balaban J connectivity index is 1.48. The largest absolute Gasteiger partial charge is 0.379 e. The Labute approximate surface area is 147 Å². The van der Waals surface area contributed by atoms with Crippen molar-refractivity contribution in [2.45, 2.75) is 44.6 Å². The molecule has 25 heavy (non-hydrogen) atoms. The molecule has 0 aromatic carbocycles. The Morgan fingerprint density at radius 1 is 1.36 bits per heavy atom. The normalized spacial score (nSPS) is 20.8. The van der Waals surface area contributed by atoms with Gasteiger partial charge in [-0.3, -0.25) is 14.8 Å². The van der Waals surface area contributed by atoms with Crippen LogP contribution in [0, 0.1) is 6.92 Å². The van der Waals surface area contributed by atoms with Crippen molar-refractivity contribution in [3.8, 4) is 0 Å². The number of amides is 1. The Bertz CT molecular complexity index is 760. The number of hydrogen-bond donors (Lipinski definition) is 2. The van der Waals surface area contributed by atoms with Crippen LogP contribution in [0.5, 0.6) is 0 Å². The molecule has 0 spiro atoms. The lowest BCUT2D eigenvalue weighted by Crippen LogP contribution is -2.53. The number of carbonyl (C=O) groups excluding carboxylic acids is 1. The summed E-state index contributed by atoms with van der Waals surface area (Å²) in [6, 6.07) is 1.94. The third-order valence-corrected chi connectivity index (χ3v) is 5.59. The summed E-state index contributed by atoms with van der Waals surface area (Å²) >= 11 is 0. The fourth-order valence-corrected chi connectivity index (χ4v) is 4.27. The standard InChI is InChI=1S/C18H25N5O2/c1-13-15-10-14(12-19-17(15)22-21-13)20-16(24)11-18(4-2-3-5-18)23-6-8-25-9-7-23/h10,12H,2-9,11H2,1H3,(H,20,24)(H,19,21,22). The SMILES string of the molecule is Cc1[nH]nc2ncc(NC(=O)CC3(N4CCOCC4)CCCC3)cc12. The average Bonchev–Trinajstić information content (AvgIpc) is 3.24. The number of aromatic nitrogens is 3. The number of pyridine rings is 1. The first-order chi connectivity index (χ1) is 12.2. The highest BCUT2D eigenvalue weighted by atomic mass is 16.5. The third kappa shape index (κ3) is 3.26. The van der Waals surface area contributed by atoms with Crippen molar-refractivity contribution >= 4 is 22.6 Å². The molecule has 1 saturated carbocycles. The lowest BCUT2D eigenvalue weighted by molar-refractivity contribution is -0.120. The van der Waals surface area contributed by atoms with Crippen LogP contribution in [0.15, 0.2) is 12.3 Å². The van der Waals surface area contributed by atoms with Gasteiger partial charge in [0.2, 0.25) is 5.91 Å². The summed E-state index contributed by atoms with van der Waals surface area (Å²) in [6.45, 7) is 5.34. The van der Waals surface area contributed by atoms with E-state index < -0.39 is 0 Å². The van der Waals surface area contributed by atoms with Crippen LogP contribution < -0.4 is 5.32 Å². The highest BCUT2D eigenvalue weighted by Crippen LogP contribution is 2.38. The topological polar surface area (TPSA) is 83.1 Å². The van der Waals surface area contributed by atoms with Crippen molar-refractivity contribution < 1.29 is 9.53 Å². The zero-order chi connectivity index (χ0) is 17.3. The fourth-order valence-electron chi connectivity index (χ4n) is 4.27. The van der Waals surface area contributed by atoms with Crippen molar-refractivity contribution in [3.05, 3.63) is 18.0 Å². The zero-order valence-electron chi connectivity index (χ0n) is 14.7. The number of rotatable bonds is 4. The third-order valence-electron chi connectivity index (χ3n) is 5.59. The van der Waals surface area contributed by atoms with Crippen LogP contribution in [0.1, 0.15) is 37.8 Å². The van der Waals surface area contributed by atoms with E-state index in [1.54, 1.807) is 6.20 Å². The molecule has 7 nitrogen and oxygen atoms in total. The van der Waals surface area contributed by atoms with Gasteiger partial charge in [-0.2, -0.15) is 5.10 Å². The van der Waals surface area contributed by atoms with Crippen LogP contribution in [0.4, 0.5) is 5.69 Å². The summed E-state index contributed by atoms with van der Waals surface area (Å²) in [5.41, 5.74) is 2.36. The van der Waals surface area contributed by atoms with Crippen LogP contribution in [-0.2, 0) is 9.53 Å². The van der Waals surface area contributed by atoms with Gasteiger partial charge < -0.3 is 10.1 Å². The second-order valence-corrected chi connectivity index (χ2v) is 7.20. The summed E-state index contributed by atoms with van der Waals surface area (Å²) in [5.74, 6) is 0.0655. The van der Waals surface area contributed by atoms with E-state index >= 15 is 0 Å². The number of aromatic amines is 1. The van der Waals surface area contributed by atoms with Gasteiger partial charge in [-0.25, -0.2) is 4.98 Å². The van der Waals surface area contributed by atoms with E-state index in [0.29, 0.717) is 12.1 Å². The highest BCUT2D eigenvalue weighted by Gasteiger charge is 2.41. The Morgan fingerprint density at radius 2 is 2.12 bits per heavy atom. The van der Waals surface area contributed by atoms with Gasteiger partial charge in [0.25, 0.3) is 0 Å². The van der Waals surface area contributed by atoms with Crippen LogP contribution >= 0.6 is 0 Å². The summed E-state index contributed by atoms with van der Waals surface area (Å²) in [6.07, 6.45) is 6.81. The van der Waals surface area contributed by atoms with Gasteiger partial charge in [0.1, 0.15) is 0 Å². The van der Waals surface area contributed by atoms with Crippen LogP contribution in [-0.4, -0.2) is 57.8 Å². The van der Waals surface area contributed by atoms with Crippen molar-refractivity contribution in [2.75, 3.05) is 31.6 Å². The molecular weight excluding hydrogens is 318 g/mol. The Hall–Kier alpha value is -1.99. The minimum Gasteiger partial charge on any atom is -0.379 e. The molecule has 1 aliphatic heterocycles.